The molecule has 0 atom stereocenters. The first-order chi connectivity index (χ1) is 20.3. The van der Waals surface area contributed by atoms with Crippen molar-refractivity contribution in [1.82, 2.24) is 0 Å². The summed E-state index contributed by atoms with van der Waals surface area (Å²) in [7, 11) is 0. The zero-order valence-electron chi connectivity index (χ0n) is 28.7. The number of allylic oxidation sites excluding steroid dienone is 2. The molecule has 1 aliphatic rings. The Morgan fingerprint density at radius 1 is 0.524 bits per heavy atom. The molecule has 0 bridgehead atoms. The van der Waals surface area contributed by atoms with Gasteiger partial charge >= 0.3 is 26.2 Å². The fourth-order valence-corrected chi connectivity index (χ4v) is 6.73. The van der Waals surface area contributed by atoms with Crippen LogP contribution in [0.25, 0.3) is 16.9 Å². The fourth-order valence-electron chi connectivity index (χ4n) is 6.73. The molecule has 0 radical (unpaired) electrons. The molecule has 0 aromatic heterocycles. The molecule has 3 rings (SSSR count). The topological polar surface area (TPSA) is 25.3 Å². The van der Waals surface area contributed by atoms with Gasteiger partial charge in [-0.2, -0.15) is 0 Å². The minimum atomic E-state index is 1.01. The van der Waals surface area contributed by atoms with Gasteiger partial charge in [0.15, 0.2) is 0 Å². The van der Waals surface area contributed by atoms with Crippen LogP contribution in [0.1, 0.15) is 145 Å². The molecule has 0 fully saturated rings. The number of aryl methyl sites for hydroxylation is 4. The van der Waals surface area contributed by atoms with E-state index in [-0.39, 0.29) is 0 Å². The van der Waals surface area contributed by atoms with E-state index in [0.717, 1.165) is 82.0 Å². The van der Waals surface area contributed by atoms with Gasteiger partial charge < -0.3 is 5.53 Å². The summed E-state index contributed by atoms with van der Waals surface area (Å²) in [5.74, 6) is 4.12. The summed E-state index contributed by atoms with van der Waals surface area (Å²) in [6.07, 6.45) is 14.1. The van der Waals surface area contributed by atoms with Crippen LogP contribution in [0.5, 0.6) is 0 Å². The second kappa shape index (κ2) is 18.6. The molecule has 0 aliphatic carbocycles. The van der Waals surface area contributed by atoms with Gasteiger partial charge in [-0.15, -0.1) is 0 Å². The first-order valence-corrected chi connectivity index (χ1v) is 18.8. The molecule has 42 heavy (non-hydrogen) atoms. The van der Waals surface area contributed by atoms with Crippen molar-refractivity contribution in [3.8, 4) is 0 Å². The third-order valence-corrected chi connectivity index (χ3v) is 8.82. The third-order valence-electron chi connectivity index (χ3n) is 8.82. The van der Waals surface area contributed by atoms with Crippen molar-refractivity contribution in [1.29, 1.82) is 0 Å². The van der Waals surface area contributed by atoms with Crippen molar-refractivity contribution in [3.63, 3.8) is 0 Å². The summed E-state index contributed by atoms with van der Waals surface area (Å²) in [4.78, 5) is 0. The molecule has 1 aliphatic heterocycles. The predicted molar refractivity (Wildman–Crippen MR) is 182 cm³/mol. The third kappa shape index (κ3) is 8.34. The van der Waals surface area contributed by atoms with E-state index in [2.05, 4.69) is 91.4 Å². The zero-order chi connectivity index (χ0) is 31.2. The number of rotatable bonds is 15. The van der Waals surface area contributed by atoms with Crippen LogP contribution in [0.3, 0.4) is 0 Å². The summed E-state index contributed by atoms with van der Waals surface area (Å²) < 4.78 is 1.60. The number of hydrogen-bond acceptors (Lipinski definition) is 0. The Morgan fingerprint density at radius 2 is 0.857 bits per heavy atom. The molecule has 0 spiro atoms. The Balaban J connectivity index is 0.00000197. The van der Waals surface area contributed by atoms with Crippen LogP contribution in [0.2, 0.25) is 11.8 Å². The van der Waals surface area contributed by atoms with Crippen LogP contribution < -0.4 is 0 Å². The van der Waals surface area contributed by atoms with Crippen molar-refractivity contribution < 1.29 is 19.1 Å². The summed E-state index contributed by atoms with van der Waals surface area (Å²) >= 11 is 1.62. The molecule has 0 saturated heterocycles. The molecular weight excluding hydrogens is 555 g/mol. The first-order valence-electron chi connectivity index (χ1n) is 16.8. The van der Waals surface area contributed by atoms with Gasteiger partial charge in [-0.25, -0.2) is 4.70 Å². The molecule has 0 unspecified atom stereocenters. The average molecular weight is 616 g/mol. The van der Waals surface area contributed by atoms with E-state index in [9.17, 15) is 5.53 Å². The van der Waals surface area contributed by atoms with E-state index in [1.807, 2.05) is 0 Å². The van der Waals surface area contributed by atoms with Crippen LogP contribution in [0, 0.1) is 0 Å². The molecule has 1 heterocycles. The number of hydrogen-bond donors (Lipinski definition) is 0. The second-order valence-electron chi connectivity index (χ2n) is 11.5. The van der Waals surface area contributed by atoms with Crippen LogP contribution in [-0.2, 0) is 53.0 Å². The van der Waals surface area contributed by atoms with Crippen LogP contribution >= 0.6 is 0 Å². The van der Waals surface area contributed by atoms with Crippen molar-refractivity contribution in [2.24, 2.45) is 0 Å². The van der Waals surface area contributed by atoms with E-state index in [4.69, 9.17) is 0 Å². The average Bonchev–Trinajstić information content (AvgIpc) is 3.29. The number of unbranched alkanes of at least 4 members (excludes halogenated alkanes) is 3. The maximum absolute atomic E-state index is 12.2. The van der Waals surface area contributed by atoms with Gasteiger partial charge in [0, 0.05) is 22.3 Å². The van der Waals surface area contributed by atoms with Crippen molar-refractivity contribution in [3.05, 3.63) is 85.5 Å². The van der Waals surface area contributed by atoms with E-state index in [1.54, 1.807) is 19.1 Å². The van der Waals surface area contributed by atoms with Gasteiger partial charge in [0.2, 0.25) is 11.4 Å². The number of nitrogens with zero attached hydrogens (tertiary/aromatic N) is 2. The van der Waals surface area contributed by atoms with Gasteiger partial charge in [0.25, 0.3) is 0 Å². The molecule has 236 valence electrons. The van der Waals surface area contributed by atoms with Crippen LogP contribution in [-0.4, -0.2) is 4.70 Å². The summed E-state index contributed by atoms with van der Waals surface area (Å²) in [6.45, 7) is 18.2. The first kappa shape index (κ1) is 36.2. The SMILES string of the molecule is CCCCCC1=C(c2cc(CC)c(CC)c(CC)c2)[N+](=[N-])C(c2cc(CC)c(CC)c(CC)c2)=C1CCCC.[CH3][Ni][CH3]. The minimum absolute atomic E-state index is 1.01. The molecule has 2 nitrogen and oxygen atoms in total. The Morgan fingerprint density at radius 3 is 1.14 bits per heavy atom. The Hall–Kier alpha value is -1.99. The molecule has 2 aromatic carbocycles. The zero-order valence-corrected chi connectivity index (χ0v) is 29.7. The van der Waals surface area contributed by atoms with E-state index in [1.165, 1.54) is 68.5 Å². The second-order valence-corrected chi connectivity index (χ2v) is 12.5. The van der Waals surface area contributed by atoms with Gasteiger partial charge in [-0.3, -0.25) is 0 Å². The van der Waals surface area contributed by atoms with Gasteiger partial charge in [-0.1, -0.05) is 74.7 Å². The molecule has 0 amide bonds. The van der Waals surface area contributed by atoms with Crippen LogP contribution in [0.4, 0.5) is 0 Å². The standard InChI is InChI=1S/C37H54N2.2CH3.Ni/c1-9-17-19-21-35-34(20-18-10-2)36(30-22-26(11-3)32(15-7)27(12-4)23-30)39(38)37(35)31-24-28(13-5)33(16-8)29(14-6)25-31;;;/h22-25H,9-21H2,1-8H3;2*1H3;. The quantitative estimate of drug-likeness (QED) is 0.108. The molecule has 0 saturated carbocycles. The van der Waals surface area contributed by atoms with E-state index >= 15 is 0 Å². The van der Waals surface area contributed by atoms with Crippen molar-refractivity contribution in [2.45, 2.75) is 151 Å². The summed E-state index contributed by atoms with van der Waals surface area (Å²) in [6, 6.07) is 9.52. The van der Waals surface area contributed by atoms with Gasteiger partial charge in [0.1, 0.15) is 0 Å². The summed E-state index contributed by atoms with van der Waals surface area (Å²) in [5.41, 5.74) is 28.1. The molecular formula is C39H60N2Ni. The fraction of sp³-hybridized carbons (Fsp3) is 0.590. The van der Waals surface area contributed by atoms with E-state index < -0.39 is 0 Å². The Labute approximate surface area is 265 Å². The van der Waals surface area contributed by atoms with Crippen LogP contribution in [0.15, 0.2) is 35.4 Å². The monoisotopic (exact) mass is 614 g/mol. The van der Waals surface area contributed by atoms with E-state index in [0.29, 0.717) is 0 Å². The summed E-state index contributed by atoms with van der Waals surface area (Å²) in [5, 5.41) is 0. The van der Waals surface area contributed by atoms with Crippen molar-refractivity contribution in [2.75, 3.05) is 0 Å². The molecule has 3 heteroatoms. The van der Waals surface area contributed by atoms with Gasteiger partial charge in [-0.05, 0) is 122 Å². The Bertz CT molecular complexity index is 1200. The predicted octanol–water partition coefficient (Wildman–Crippen LogP) is 12.2. The number of benzene rings is 2. The van der Waals surface area contributed by atoms with Crippen molar-refractivity contribution >= 4 is 11.4 Å². The normalized spacial score (nSPS) is 13.3. The Kier molecular flexibility index (Phi) is 16.1. The molecule has 2 aromatic rings. The van der Waals surface area contributed by atoms with Gasteiger partial charge in [0.05, 0.1) is 0 Å². The maximum atomic E-state index is 12.2. The molecule has 0 N–H and O–H groups in total.